The van der Waals surface area contributed by atoms with Gasteiger partial charge in [-0.2, -0.15) is 0 Å². The Morgan fingerprint density at radius 3 is 2.50 bits per heavy atom. The van der Waals surface area contributed by atoms with E-state index < -0.39 is 0 Å². The molecule has 0 aliphatic rings. The van der Waals surface area contributed by atoms with Crippen LogP contribution in [0.2, 0.25) is 0 Å². The fraction of sp³-hybridized carbons (Fsp3) is 0.500. The minimum atomic E-state index is 0.0992. The molecular weight excluding hydrogens is 174 g/mol. The van der Waals surface area contributed by atoms with E-state index in [1.807, 2.05) is 6.92 Å². The third-order valence-corrected chi connectivity index (χ3v) is 2.28. The maximum absolute atomic E-state index is 6.01. The molecule has 0 fully saturated rings. The first-order valence-corrected chi connectivity index (χ1v) is 5.14. The van der Waals surface area contributed by atoms with Crippen LogP contribution in [0, 0.1) is 6.92 Å². The smallest absolute Gasteiger partial charge is 0.0483 e. The number of rotatable bonds is 5. The van der Waals surface area contributed by atoms with Crippen LogP contribution in [-0.4, -0.2) is 13.2 Å². The van der Waals surface area contributed by atoms with Crippen molar-refractivity contribution in [3.8, 4) is 0 Å². The van der Waals surface area contributed by atoms with Crippen molar-refractivity contribution >= 4 is 0 Å². The summed E-state index contributed by atoms with van der Waals surface area (Å²) in [6, 6.07) is 8.46. The second-order valence-electron chi connectivity index (χ2n) is 3.50. The van der Waals surface area contributed by atoms with E-state index in [-0.39, 0.29) is 6.04 Å². The van der Waals surface area contributed by atoms with Crippen molar-refractivity contribution in [1.82, 2.24) is 0 Å². The Morgan fingerprint density at radius 2 is 1.93 bits per heavy atom. The number of aryl methyl sites for hydroxylation is 1. The lowest BCUT2D eigenvalue weighted by Crippen LogP contribution is -2.13. The van der Waals surface area contributed by atoms with E-state index in [9.17, 15) is 0 Å². The molecule has 14 heavy (non-hydrogen) atoms. The SMILES string of the molecule is CCOCCC(N)c1ccc(C)cc1. The zero-order valence-corrected chi connectivity index (χ0v) is 8.99. The van der Waals surface area contributed by atoms with Crippen molar-refractivity contribution in [3.05, 3.63) is 35.4 Å². The van der Waals surface area contributed by atoms with Gasteiger partial charge in [0, 0.05) is 19.3 Å². The van der Waals surface area contributed by atoms with Gasteiger partial charge in [-0.15, -0.1) is 0 Å². The van der Waals surface area contributed by atoms with Crippen LogP contribution in [-0.2, 0) is 4.74 Å². The fourth-order valence-electron chi connectivity index (χ4n) is 1.33. The van der Waals surface area contributed by atoms with Crippen molar-refractivity contribution in [3.63, 3.8) is 0 Å². The number of nitrogens with two attached hydrogens (primary N) is 1. The molecule has 0 bridgehead atoms. The lowest BCUT2D eigenvalue weighted by atomic mass is 10.0. The van der Waals surface area contributed by atoms with Crippen LogP contribution in [0.1, 0.15) is 30.5 Å². The maximum Gasteiger partial charge on any atom is 0.0483 e. The van der Waals surface area contributed by atoms with Gasteiger partial charge in [0.2, 0.25) is 0 Å². The second kappa shape index (κ2) is 5.78. The summed E-state index contributed by atoms with van der Waals surface area (Å²) in [6.07, 6.45) is 0.886. The molecule has 0 radical (unpaired) electrons. The highest BCUT2D eigenvalue weighted by atomic mass is 16.5. The first kappa shape index (κ1) is 11.2. The normalized spacial score (nSPS) is 12.8. The predicted octanol–water partition coefficient (Wildman–Crippen LogP) is 2.42. The monoisotopic (exact) mass is 193 g/mol. The van der Waals surface area contributed by atoms with Gasteiger partial charge in [-0.1, -0.05) is 29.8 Å². The Morgan fingerprint density at radius 1 is 1.29 bits per heavy atom. The maximum atomic E-state index is 6.01. The third kappa shape index (κ3) is 3.48. The lowest BCUT2D eigenvalue weighted by Gasteiger charge is -2.11. The third-order valence-electron chi connectivity index (χ3n) is 2.28. The molecule has 2 nitrogen and oxygen atoms in total. The van der Waals surface area contributed by atoms with Crippen molar-refractivity contribution in [1.29, 1.82) is 0 Å². The summed E-state index contributed by atoms with van der Waals surface area (Å²) in [5.41, 5.74) is 8.47. The number of ether oxygens (including phenoxy) is 1. The highest BCUT2D eigenvalue weighted by Crippen LogP contribution is 2.14. The van der Waals surface area contributed by atoms with Crippen LogP contribution in [0.25, 0.3) is 0 Å². The van der Waals surface area contributed by atoms with Gasteiger partial charge in [-0.05, 0) is 25.8 Å². The van der Waals surface area contributed by atoms with Crippen molar-refractivity contribution in [2.75, 3.05) is 13.2 Å². The van der Waals surface area contributed by atoms with Crippen LogP contribution in [0.5, 0.6) is 0 Å². The van der Waals surface area contributed by atoms with Crippen LogP contribution < -0.4 is 5.73 Å². The van der Waals surface area contributed by atoms with Gasteiger partial charge in [0.15, 0.2) is 0 Å². The van der Waals surface area contributed by atoms with Crippen LogP contribution in [0.3, 0.4) is 0 Å². The summed E-state index contributed by atoms with van der Waals surface area (Å²) in [4.78, 5) is 0. The lowest BCUT2D eigenvalue weighted by molar-refractivity contribution is 0.140. The summed E-state index contributed by atoms with van der Waals surface area (Å²) < 4.78 is 5.27. The first-order chi connectivity index (χ1) is 6.74. The Balaban J connectivity index is 2.43. The van der Waals surface area contributed by atoms with Crippen molar-refractivity contribution in [2.24, 2.45) is 5.73 Å². The summed E-state index contributed by atoms with van der Waals surface area (Å²) in [5, 5.41) is 0. The van der Waals surface area contributed by atoms with Gasteiger partial charge < -0.3 is 10.5 Å². The molecule has 0 saturated carbocycles. The molecule has 1 rings (SSSR count). The van der Waals surface area contributed by atoms with Gasteiger partial charge in [0.25, 0.3) is 0 Å². The molecule has 0 aliphatic heterocycles. The summed E-state index contributed by atoms with van der Waals surface area (Å²) in [5.74, 6) is 0. The second-order valence-corrected chi connectivity index (χ2v) is 3.50. The molecule has 1 atom stereocenters. The van der Waals surface area contributed by atoms with Crippen LogP contribution in [0.4, 0.5) is 0 Å². The first-order valence-electron chi connectivity index (χ1n) is 5.14. The highest BCUT2D eigenvalue weighted by Gasteiger charge is 2.04. The molecule has 2 heteroatoms. The van der Waals surface area contributed by atoms with Gasteiger partial charge in [-0.25, -0.2) is 0 Å². The molecule has 0 spiro atoms. The average molecular weight is 193 g/mol. The van der Waals surface area contributed by atoms with Crippen LogP contribution in [0.15, 0.2) is 24.3 Å². The Bertz CT molecular complexity index is 256. The Hall–Kier alpha value is -0.860. The van der Waals surface area contributed by atoms with Crippen molar-refractivity contribution in [2.45, 2.75) is 26.3 Å². The molecule has 0 amide bonds. The predicted molar refractivity (Wildman–Crippen MR) is 59.2 cm³/mol. The zero-order valence-electron chi connectivity index (χ0n) is 8.99. The molecule has 78 valence electrons. The molecule has 1 aromatic rings. The minimum absolute atomic E-state index is 0.0992. The largest absolute Gasteiger partial charge is 0.382 e. The Labute approximate surface area is 86.1 Å². The summed E-state index contributed by atoms with van der Waals surface area (Å²) in [6.45, 7) is 5.58. The standard InChI is InChI=1S/C12H19NO/c1-3-14-9-8-12(13)11-6-4-10(2)5-7-11/h4-7,12H,3,8-9,13H2,1-2H3. The minimum Gasteiger partial charge on any atom is -0.382 e. The Kier molecular flexibility index (Phi) is 4.63. The zero-order chi connectivity index (χ0) is 10.4. The van der Waals surface area contributed by atoms with E-state index in [0.717, 1.165) is 19.6 Å². The number of hydrogen-bond acceptors (Lipinski definition) is 2. The number of benzene rings is 1. The van der Waals surface area contributed by atoms with Crippen LogP contribution >= 0.6 is 0 Å². The molecule has 1 aromatic carbocycles. The summed E-state index contributed by atoms with van der Waals surface area (Å²) >= 11 is 0. The topological polar surface area (TPSA) is 35.2 Å². The van der Waals surface area contributed by atoms with Crippen molar-refractivity contribution < 1.29 is 4.74 Å². The number of hydrogen-bond donors (Lipinski definition) is 1. The van der Waals surface area contributed by atoms with Gasteiger partial charge >= 0.3 is 0 Å². The van der Waals surface area contributed by atoms with Gasteiger partial charge in [0.1, 0.15) is 0 Å². The molecule has 0 aliphatic carbocycles. The van der Waals surface area contributed by atoms with E-state index in [2.05, 4.69) is 31.2 Å². The molecule has 1 unspecified atom stereocenters. The molecule has 0 aromatic heterocycles. The quantitative estimate of drug-likeness (QED) is 0.729. The van der Waals surface area contributed by atoms with Gasteiger partial charge in [0.05, 0.1) is 0 Å². The molecule has 0 heterocycles. The van der Waals surface area contributed by atoms with E-state index in [0.29, 0.717) is 0 Å². The van der Waals surface area contributed by atoms with E-state index >= 15 is 0 Å². The summed E-state index contributed by atoms with van der Waals surface area (Å²) in [7, 11) is 0. The fourth-order valence-corrected chi connectivity index (χ4v) is 1.33. The van der Waals surface area contributed by atoms with E-state index in [4.69, 9.17) is 10.5 Å². The molecule has 0 saturated heterocycles. The van der Waals surface area contributed by atoms with Gasteiger partial charge in [-0.3, -0.25) is 0 Å². The average Bonchev–Trinajstić information content (AvgIpc) is 2.19. The van der Waals surface area contributed by atoms with E-state index in [1.54, 1.807) is 0 Å². The van der Waals surface area contributed by atoms with E-state index in [1.165, 1.54) is 11.1 Å². The highest BCUT2D eigenvalue weighted by molar-refractivity contribution is 5.23. The molecular formula is C12H19NO. The molecule has 2 N–H and O–H groups in total.